The van der Waals surface area contributed by atoms with E-state index in [0.717, 1.165) is 12.5 Å². The average molecular weight is 183 g/mol. The second-order valence-corrected chi connectivity index (χ2v) is 4.94. The lowest BCUT2D eigenvalue weighted by molar-refractivity contribution is -0.124. The average Bonchev–Trinajstić information content (AvgIpc) is 2.16. The van der Waals surface area contributed by atoms with Crippen LogP contribution in [-0.2, 0) is 4.74 Å². The van der Waals surface area contributed by atoms with Gasteiger partial charge in [-0.1, -0.05) is 6.92 Å². The number of piperidine rings is 1. The molecule has 2 fully saturated rings. The molecule has 2 aliphatic rings. The molecule has 2 aliphatic heterocycles. The highest BCUT2D eigenvalue weighted by molar-refractivity contribution is 4.89. The van der Waals surface area contributed by atoms with E-state index in [1.807, 2.05) is 0 Å². The Morgan fingerprint density at radius 2 is 1.92 bits per heavy atom. The summed E-state index contributed by atoms with van der Waals surface area (Å²) in [4.78, 5) is 2.41. The predicted octanol–water partition coefficient (Wildman–Crippen LogP) is 1.90. The fourth-order valence-electron chi connectivity index (χ4n) is 2.40. The highest BCUT2D eigenvalue weighted by Crippen LogP contribution is 2.35. The maximum atomic E-state index is 6.04. The summed E-state index contributed by atoms with van der Waals surface area (Å²) in [6.45, 7) is 5.72. The summed E-state index contributed by atoms with van der Waals surface area (Å²) < 4.78 is 6.04. The summed E-state index contributed by atoms with van der Waals surface area (Å²) >= 11 is 0. The minimum absolute atomic E-state index is 0.277. The molecule has 0 radical (unpaired) electrons. The topological polar surface area (TPSA) is 12.5 Å². The molecular weight excluding hydrogens is 162 g/mol. The Morgan fingerprint density at radius 1 is 1.23 bits per heavy atom. The lowest BCUT2D eigenvalue weighted by Crippen LogP contribution is -2.47. The molecule has 2 heteroatoms. The maximum absolute atomic E-state index is 6.04. The van der Waals surface area contributed by atoms with Crippen LogP contribution in [0.3, 0.4) is 0 Å². The Balaban J connectivity index is 1.90. The van der Waals surface area contributed by atoms with E-state index in [9.17, 15) is 0 Å². The van der Waals surface area contributed by atoms with Crippen molar-refractivity contribution in [1.29, 1.82) is 0 Å². The first-order chi connectivity index (χ1) is 6.20. The van der Waals surface area contributed by atoms with E-state index in [4.69, 9.17) is 4.74 Å². The third kappa shape index (κ3) is 2.05. The number of hydrogen-bond acceptors (Lipinski definition) is 2. The first-order valence-electron chi connectivity index (χ1n) is 5.53. The van der Waals surface area contributed by atoms with Crippen LogP contribution in [0.5, 0.6) is 0 Å². The van der Waals surface area contributed by atoms with Crippen LogP contribution in [0.15, 0.2) is 0 Å². The molecule has 0 bridgehead atoms. The van der Waals surface area contributed by atoms with Crippen molar-refractivity contribution in [2.24, 2.45) is 5.92 Å². The molecule has 0 N–H and O–H groups in total. The zero-order valence-corrected chi connectivity index (χ0v) is 8.88. The van der Waals surface area contributed by atoms with Gasteiger partial charge in [-0.25, -0.2) is 0 Å². The van der Waals surface area contributed by atoms with Crippen LogP contribution in [0.25, 0.3) is 0 Å². The van der Waals surface area contributed by atoms with Crippen molar-refractivity contribution in [3.8, 4) is 0 Å². The molecule has 2 rings (SSSR count). The summed E-state index contributed by atoms with van der Waals surface area (Å²) in [7, 11) is 2.21. The number of likely N-dealkylation sites (tertiary alicyclic amines) is 1. The van der Waals surface area contributed by atoms with Crippen LogP contribution in [0.4, 0.5) is 0 Å². The van der Waals surface area contributed by atoms with Crippen LogP contribution < -0.4 is 0 Å². The van der Waals surface area contributed by atoms with Crippen LogP contribution in [0.2, 0.25) is 0 Å². The van der Waals surface area contributed by atoms with E-state index < -0.39 is 0 Å². The largest absolute Gasteiger partial charge is 0.375 e. The minimum atomic E-state index is 0.277. The van der Waals surface area contributed by atoms with Gasteiger partial charge >= 0.3 is 0 Å². The van der Waals surface area contributed by atoms with Crippen molar-refractivity contribution in [3.63, 3.8) is 0 Å². The lowest BCUT2D eigenvalue weighted by Gasteiger charge is -2.44. The highest BCUT2D eigenvalue weighted by Gasteiger charge is 2.37. The molecule has 2 saturated heterocycles. The Morgan fingerprint density at radius 3 is 2.46 bits per heavy atom. The van der Waals surface area contributed by atoms with Gasteiger partial charge in [0.05, 0.1) is 5.60 Å². The molecule has 76 valence electrons. The van der Waals surface area contributed by atoms with E-state index >= 15 is 0 Å². The fraction of sp³-hybridized carbons (Fsp3) is 1.00. The summed E-state index contributed by atoms with van der Waals surface area (Å²) in [6, 6.07) is 0. The summed E-state index contributed by atoms with van der Waals surface area (Å²) in [5.41, 5.74) is 0.277. The molecule has 0 aromatic carbocycles. The second-order valence-electron chi connectivity index (χ2n) is 4.94. The molecule has 0 saturated carbocycles. The summed E-state index contributed by atoms with van der Waals surface area (Å²) in [5.74, 6) is 0.783. The normalized spacial score (nSPS) is 35.1. The van der Waals surface area contributed by atoms with Crippen LogP contribution in [0, 0.1) is 5.92 Å². The molecule has 0 aromatic heterocycles. The highest BCUT2D eigenvalue weighted by atomic mass is 16.5. The standard InChI is InChI=1S/C11H21NO/c1-10-3-4-11(13-9-10)5-7-12(2)8-6-11/h10H,3-9H2,1-2H3/t10-/m0/s1. The van der Waals surface area contributed by atoms with Crippen molar-refractivity contribution < 1.29 is 4.74 Å². The van der Waals surface area contributed by atoms with E-state index in [1.165, 1.54) is 38.8 Å². The van der Waals surface area contributed by atoms with Gasteiger partial charge in [-0.15, -0.1) is 0 Å². The predicted molar refractivity (Wildman–Crippen MR) is 53.8 cm³/mol. The molecule has 0 unspecified atom stereocenters. The van der Waals surface area contributed by atoms with Gasteiger partial charge in [-0.2, -0.15) is 0 Å². The molecule has 1 spiro atoms. The fourth-order valence-corrected chi connectivity index (χ4v) is 2.40. The van der Waals surface area contributed by atoms with Gasteiger partial charge in [0.2, 0.25) is 0 Å². The van der Waals surface area contributed by atoms with Crippen molar-refractivity contribution >= 4 is 0 Å². The summed E-state index contributed by atoms with van der Waals surface area (Å²) in [5, 5.41) is 0. The Bertz CT molecular complexity index is 141. The monoisotopic (exact) mass is 183 g/mol. The van der Waals surface area contributed by atoms with Gasteiger partial charge in [-0.05, 0) is 38.6 Å². The van der Waals surface area contributed by atoms with E-state index in [2.05, 4.69) is 18.9 Å². The zero-order valence-electron chi connectivity index (χ0n) is 8.88. The quantitative estimate of drug-likeness (QED) is 0.568. The van der Waals surface area contributed by atoms with E-state index in [0.29, 0.717) is 0 Å². The van der Waals surface area contributed by atoms with Gasteiger partial charge in [0.15, 0.2) is 0 Å². The van der Waals surface area contributed by atoms with Crippen LogP contribution >= 0.6 is 0 Å². The first kappa shape index (κ1) is 9.47. The van der Waals surface area contributed by atoms with Gasteiger partial charge < -0.3 is 9.64 Å². The first-order valence-corrected chi connectivity index (χ1v) is 5.53. The van der Waals surface area contributed by atoms with E-state index in [1.54, 1.807) is 0 Å². The second kappa shape index (κ2) is 3.58. The van der Waals surface area contributed by atoms with Crippen molar-refractivity contribution in [3.05, 3.63) is 0 Å². The van der Waals surface area contributed by atoms with Crippen LogP contribution in [-0.4, -0.2) is 37.2 Å². The number of hydrogen-bond donors (Lipinski definition) is 0. The molecule has 2 nitrogen and oxygen atoms in total. The SMILES string of the molecule is C[C@H]1CCC2(CCN(C)CC2)OC1. The number of nitrogens with zero attached hydrogens (tertiary/aromatic N) is 1. The van der Waals surface area contributed by atoms with Crippen molar-refractivity contribution in [1.82, 2.24) is 4.90 Å². The third-order valence-corrected chi connectivity index (χ3v) is 3.67. The zero-order chi connectivity index (χ0) is 9.31. The summed E-state index contributed by atoms with van der Waals surface area (Å²) in [6.07, 6.45) is 5.15. The third-order valence-electron chi connectivity index (χ3n) is 3.67. The Labute approximate surface area is 81.3 Å². The van der Waals surface area contributed by atoms with E-state index in [-0.39, 0.29) is 5.60 Å². The molecule has 0 amide bonds. The Kier molecular flexibility index (Phi) is 2.61. The van der Waals surface area contributed by atoms with Gasteiger partial charge in [-0.3, -0.25) is 0 Å². The minimum Gasteiger partial charge on any atom is -0.375 e. The molecule has 0 aromatic rings. The van der Waals surface area contributed by atoms with Crippen molar-refractivity contribution in [2.75, 3.05) is 26.7 Å². The van der Waals surface area contributed by atoms with Gasteiger partial charge in [0.1, 0.15) is 0 Å². The molecule has 2 heterocycles. The smallest absolute Gasteiger partial charge is 0.0707 e. The van der Waals surface area contributed by atoms with Gasteiger partial charge in [0, 0.05) is 19.7 Å². The maximum Gasteiger partial charge on any atom is 0.0707 e. The number of ether oxygens (including phenoxy) is 1. The number of rotatable bonds is 0. The lowest BCUT2D eigenvalue weighted by atomic mass is 9.82. The molecule has 1 atom stereocenters. The molecule has 13 heavy (non-hydrogen) atoms. The van der Waals surface area contributed by atoms with Crippen LogP contribution in [0.1, 0.15) is 32.6 Å². The molecule has 0 aliphatic carbocycles. The molecular formula is C11H21NO. The van der Waals surface area contributed by atoms with Crippen molar-refractivity contribution in [2.45, 2.75) is 38.2 Å². The Hall–Kier alpha value is -0.0800. The van der Waals surface area contributed by atoms with Gasteiger partial charge in [0.25, 0.3) is 0 Å².